The van der Waals surface area contributed by atoms with E-state index in [0.29, 0.717) is 0 Å². The monoisotopic (exact) mass is 101 g/mol. The molecule has 0 fully saturated rings. The highest BCUT2D eigenvalue weighted by atomic mass is 32.2. The van der Waals surface area contributed by atoms with E-state index in [4.69, 9.17) is 0 Å². The first kappa shape index (κ1) is 3.87. The quantitative estimate of drug-likeness (QED) is 0.436. The second-order valence-corrected chi connectivity index (χ2v) is 2.11. The molecule has 0 aliphatic carbocycles. The lowest BCUT2D eigenvalue weighted by Gasteiger charge is -1.90. The van der Waals surface area contributed by atoms with E-state index in [1.165, 1.54) is 0 Å². The molecule has 0 aromatic heterocycles. The summed E-state index contributed by atoms with van der Waals surface area (Å²) in [5.41, 5.74) is 0. The minimum absolute atomic E-state index is 0.576. The summed E-state index contributed by atoms with van der Waals surface area (Å²) in [7, 11) is 0. The molecule has 0 bridgehead atoms. The highest BCUT2D eigenvalue weighted by Gasteiger charge is 1.86. The molecule has 1 aliphatic heterocycles. The van der Waals surface area contributed by atoms with Gasteiger partial charge in [-0.2, -0.15) is 0 Å². The molecule has 0 aromatic rings. The molecule has 1 rings (SSSR count). The van der Waals surface area contributed by atoms with E-state index < -0.39 is 11.3 Å². The molecular weight excluding hydrogens is 96.1 g/mol. The van der Waals surface area contributed by atoms with Crippen molar-refractivity contribution in [2.45, 2.75) is 0 Å². The Labute approximate surface area is 39.6 Å². The van der Waals surface area contributed by atoms with Crippen LogP contribution < -0.4 is 0 Å². The molecular formula is C3H5N2S. The molecule has 0 amide bonds. The van der Waals surface area contributed by atoms with E-state index in [1.54, 1.807) is 12.4 Å². The molecule has 2 nitrogen and oxygen atoms in total. The van der Waals surface area contributed by atoms with Crippen molar-refractivity contribution >= 4 is 23.7 Å². The lowest BCUT2D eigenvalue weighted by atomic mass is 10.9. The van der Waals surface area contributed by atoms with Gasteiger partial charge in [0.05, 0.1) is 12.4 Å². The Hall–Kier alpha value is -0.310. The summed E-state index contributed by atoms with van der Waals surface area (Å²) >= 11 is -0.576. The van der Waals surface area contributed by atoms with Gasteiger partial charge in [-0.05, 0) is 0 Å². The van der Waals surface area contributed by atoms with Gasteiger partial charge in [-0.15, -0.1) is 0 Å². The van der Waals surface area contributed by atoms with E-state index in [9.17, 15) is 0 Å². The Morgan fingerprint density at radius 2 is 1.83 bits per heavy atom. The van der Waals surface area contributed by atoms with Gasteiger partial charge < -0.3 is 0 Å². The van der Waals surface area contributed by atoms with Crippen LogP contribution in [0.1, 0.15) is 0 Å². The average Bonchev–Trinajstić information content (AvgIpc) is 1.86. The van der Waals surface area contributed by atoms with Gasteiger partial charge >= 0.3 is 0 Å². The van der Waals surface area contributed by atoms with Crippen LogP contribution in [0, 0.1) is 6.26 Å². The minimum atomic E-state index is -0.576. The summed E-state index contributed by atoms with van der Waals surface area (Å²) in [5, 5.41) is 0. The average molecular weight is 101 g/mol. The van der Waals surface area contributed by atoms with E-state index in [0.717, 1.165) is 0 Å². The van der Waals surface area contributed by atoms with Crippen molar-refractivity contribution in [2.75, 3.05) is 0 Å². The molecule has 0 aromatic carbocycles. The molecule has 0 unspecified atom stereocenters. The lowest BCUT2D eigenvalue weighted by molar-refractivity contribution is 1.90. The van der Waals surface area contributed by atoms with Gasteiger partial charge in [-0.3, -0.25) is 0 Å². The van der Waals surface area contributed by atoms with Crippen LogP contribution in [0.25, 0.3) is 0 Å². The predicted molar refractivity (Wildman–Crippen MR) is 31.3 cm³/mol. The fourth-order valence-corrected chi connectivity index (χ4v) is 0.730. The van der Waals surface area contributed by atoms with E-state index in [-0.39, 0.29) is 0 Å². The van der Waals surface area contributed by atoms with Gasteiger partial charge in [-0.25, -0.2) is 8.80 Å². The smallest absolute Gasteiger partial charge is 0.0538 e. The third-order valence-corrected chi connectivity index (χ3v) is 1.27. The molecule has 1 aliphatic rings. The Morgan fingerprint density at radius 3 is 2.00 bits per heavy atom. The summed E-state index contributed by atoms with van der Waals surface area (Å²) in [6, 6.07) is 0. The number of thiol groups is 1. The van der Waals surface area contributed by atoms with Crippen LogP contribution in [0.2, 0.25) is 0 Å². The van der Waals surface area contributed by atoms with Crippen molar-refractivity contribution in [3.05, 3.63) is 6.26 Å². The first-order valence-corrected chi connectivity index (χ1v) is 3.00. The third kappa shape index (κ3) is 0.597. The zero-order valence-corrected chi connectivity index (χ0v) is 4.10. The molecule has 0 saturated carbocycles. The standard InChI is InChI=1S/C3H5N2S/c1-6-4-2-3-5-6/h2-3,6H,1H2. The maximum Gasteiger partial charge on any atom is 0.0538 e. The van der Waals surface area contributed by atoms with Crippen molar-refractivity contribution in [3.8, 4) is 0 Å². The molecule has 6 heavy (non-hydrogen) atoms. The first-order chi connectivity index (χ1) is 2.89. The molecule has 1 radical (unpaired) electrons. The van der Waals surface area contributed by atoms with Crippen LogP contribution in [0.4, 0.5) is 0 Å². The summed E-state index contributed by atoms with van der Waals surface area (Å²) in [5.74, 6) is 0. The Morgan fingerprint density at radius 1 is 1.33 bits per heavy atom. The largest absolute Gasteiger partial charge is 0.227 e. The van der Waals surface area contributed by atoms with Gasteiger partial charge in [0.2, 0.25) is 0 Å². The fraction of sp³-hybridized carbons (Fsp3) is 0. The first-order valence-electron chi connectivity index (χ1n) is 1.57. The molecule has 0 spiro atoms. The van der Waals surface area contributed by atoms with Gasteiger partial charge in [-0.1, -0.05) is 11.3 Å². The number of rotatable bonds is 0. The van der Waals surface area contributed by atoms with Crippen LogP contribution in [0.5, 0.6) is 0 Å². The molecule has 0 saturated heterocycles. The van der Waals surface area contributed by atoms with Crippen molar-refractivity contribution in [1.29, 1.82) is 0 Å². The molecule has 3 heteroatoms. The normalized spacial score (nSPS) is 23.2. The summed E-state index contributed by atoms with van der Waals surface area (Å²) in [4.78, 5) is 0. The SMILES string of the molecule is [CH2][SH]1N=CC=N1. The second-order valence-electron chi connectivity index (χ2n) is 0.901. The third-order valence-electron chi connectivity index (χ3n) is 0.467. The summed E-state index contributed by atoms with van der Waals surface area (Å²) in [6.45, 7) is 0. The second kappa shape index (κ2) is 1.43. The van der Waals surface area contributed by atoms with Crippen LogP contribution >= 0.6 is 11.3 Å². The van der Waals surface area contributed by atoms with Gasteiger partial charge in [0, 0.05) is 6.26 Å². The topological polar surface area (TPSA) is 24.7 Å². The summed E-state index contributed by atoms with van der Waals surface area (Å²) < 4.78 is 7.69. The minimum Gasteiger partial charge on any atom is -0.227 e. The Kier molecular flexibility index (Phi) is 0.919. The van der Waals surface area contributed by atoms with Gasteiger partial charge in [0.25, 0.3) is 0 Å². The number of hydrogen-bond donors (Lipinski definition) is 1. The molecule has 0 atom stereocenters. The zero-order chi connectivity index (χ0) is 4.41. The van der Waals surface area contributed by atoms with Crippen LogP contribution in [0.15, 0.2) is 8.80 Å². The van der Waals surface area contributed by atoms with Crippen molar-refractivity contribution in [1.82, 2.24) is 0 Å². The Balaban J connectivity index is 2.60. The van der Waals surface area contributed by atoms with Crippen molar-refractivity contribution < 1.29 is 0 Å². The van der Waals surface area contributed by atoms with E-state index in [1.807, 2.05) is 0 Å². The number of hydrogen-bond acceptors (Lipinski definition) is 2. The molecule has 33 valence electrons. The highest BCUT2D eigenvalue weighted by Crippen LogP contribution is 2.26. The highest BCUT2D eigenvalue weighted by molar-refractivity contribution is 8.16. The predicted octanol–water partition coefficient (Wildman–Crippen LogP) is 0.764. The molecule has 1 heterocycles. The maximum atomic E-state index is 3.84. The van der Waals surface area contributed by atoms with Crippen molar-refractivity contribution in [3.63, 3.8) is 0 Å². The number of nitrogens with zero attached hydrogens (tertiary/aromatic N) is 2. The van der Waals surface area contributed by atoms with Crippen molar-refractivity contribution in [2.24, 2.45) is 8.80 Å². The van der Waals surface area contributed by atoms with Crippen LogP contribution in [-0.2, 0) is 0 Å². The maximum absolute atomic E-state index is 3.84. The molecule has 0 N–H and O–H groups in total. The van der Waals surface area contributed by atoms with Gasteiger partial charge in [0.15, 0.2) is 0 Å². The van der Waals surface area contributed by atoms with E-state index in [2.05, 4.69) is 15.1 Å². The fourth-order valence-electron chi connectivity index (χ4n) is 0.243. The van der Waals surface area contributed by atoms with E-state index >= 15 is 0 Å². The lowest BCUT2D eigenvalue weighted by Crippen LogP contribution is -1.56. The van der Waals surface area contributed by atoms with Crippen LogP contribution in [0.3, 0.4) is 0 Å². The van der Waals surface area contributed by atoms with Gasteiger partial charge in [0.1, 0.15) is 0 Å². The zero-order valence-electron chi connectivity index (χ0n) is 3.20. The summed E-state index contributed by atoms with van der Waals surface area (Å²) in [6.07, 6.45) is 6.97. The Bertz CT molecular complexity index is 85.0. The van der Waals surface area contributed by atoms with Crippen LogP contribution in [-0.4, -0.2) is 12.4 Å².